The van der Waals surface area contributed by atoms with E-state index >= 15 is 0 Å². The van der Waals surface area contributed by atoms with Gasteiger partial charge in [0.2, 0.25) is 0 Å². The number of rotatable bonds is 5. The molecule has 17 heavy (non-hydrogen) atoms. The van der Waals surface area contributed by atoms with Crippen molar-refractivity contribution < 1.29 is 13.2 Å². The lowest BCUT2D eigenvalue weighted by atomic mass is 9.81. The summed E-state index contributed by atoms with van der Waals surface area (Å²) in [5.41, 5.74) is -0.707. The summed E-state index contributed by atoms with van der Waals surface area (Å²) in [4.78, 5) is 0. The van der Waals surface area contributed by atoms with Crippen LogP contribution in [0.2, 0.25) is 0 Å². The van der Waals surface area contributed by atoms with Gasteiger partial charge in [-0.15, -0.1) is 0 Å². The Balaban J connectivity index is 2.97. The van der Waals surface area contributed by atoms with Crippen LogP contribution in [0.25, 0.3) is 0 Å². The zero-order chi connectivity index (χ0) is 13.1. The third-order valence-corrected chi connectivity index (χ3v) is 2.86. The molecule has 0 heterocycles. The van der Waals surface area contributed by atoms with Gasteiger partial charge in [-0.3, -0.25) is 0 Å². The van der Waals surface area contributed by atoms with E-state index in [0.717, 1.165) is 18.7 Å². The molecule has 0 unspecified atom stereocenters. The third-order valence-electron chi connectivity index (χ3n) is 2.86. The molecule has 0 aliphatic rings. The summed E-state index contributed by atoms with van der Waals surface area (Å²) in [6.45, 7) is 6.95. The minimum atomic E-state index is -0.883. The highest BCUT2D eigenvalue weighted by Gasteiger charge is 2.28. The molecule has 1 aromatic rings. The summed E-state index contributed by atoms with van der Waals surface area (Å²) in [5, 5.41) is 3.11. The predicted octanol–water partition coefficient (Wildman–Crippen LogP) is 3.38. The SMILES string of the molecule is CCNCCC(C)(C)c1c(F)cc(F)cc1F. The molecule has 1 aromatic carbocycles. The maximum atomic E-state index is 13.6. The van der Waals surface area contributed by atoms with Crippen molar-refractivity contribution in [1.82, 2.24) is 5.32 Å². The maximum absolute atomic E-state index is 13.6. The largest absolute Gasteiger partial charge is 0.317 e. The average Bonchev–Trinajstić information content (AvgIpc) is 2.15. The first kappa shape index (κ1) is 14.0. The zero-order valence-electron chi connectivity index (χ0n) is 10.4. The molecule has 0 saturated heterocycles. The van der Waals surface area contributed by atoms with Crippen LogP contribution in [-0.4, -0.2) is 13.1 Å². The Labute approximate surface area is 100 Å². The van der Waals surface area contributed by atoms with Crippen LogP contribution in [0.5, 0.6) is 0 Å². The normalized spacial score (nSPS) is 11.9. The number of halogens is 3. The summed E-state index contributed by atoms with van der Waals surface area (Å²) >= 11 is 0. The highest BCUT2D eigenvalue weighted by atomic mass is 19.1. The molecule has 0 atom stereocenters. The Hall–Kier alpha value is -1.03. The lowest BCUT2D eigenvalue weighted by Gasteiger charge is -2.26. The molecule has 96 valence electrons. The standard InChI is InChI=1S/C13H18F3N/c1-4-17-6-5-13(2,3)12-10(15)7-9(14)8-11(12)16/h7-8,17H,4-6H2,1-3H3. The summed E-state index contributed by atoms with van der Waals surface area (Å²) in [6, 6.07) is 1.46. The first-order valence-electron chi connectivity index (χ1n) is 5.74. The van der Waals surface area contributed by atoms with Gasteiger partial charge in [0.05, 0.1) is 0 Å². The summed E-state index contributed by atoms with van der Waals surface area (Å²) < 4.78 is 40.0. The van der Waals surface area contributed by atoms with Crippen LogP contribution < -0.4 is 5.32 Å². The minimum absolute atomic E-state index is 0.0446. The van der Waals surface area contributed by atoms with Crippen LogP contribution in [0.15, 0.2) is 12.1 Å². The summed E-state index contributed by atoms with van der Waals surface area (Å²) in [5.74, 6) is -2.51. The fourth-order valence-corrected chi connectivity index (χ4v) is 1.89. The van der Waals surface area contributed by atoms with Crippen LogP contribution >= 0.6 is 0 Å². The fourth-order valence-electron chi connectivity index (χ4n) is 1.89. The molecule has 0 aromatic heterocycles. The monoisotopic (exact) mass is 245 g/mol. The molecule has 4 heteroatoms. The maximum Gasteiger partial charge on any atom is 0.132 e. The van der Waals surface area contributed by atoms with Crippen LogP contribution in [-0.2, 0) is 5.41 Å². The highest BCUT2D eigenvalue weighted by Crippen LogP contribution is 2.31. The first-order valence-corrected chi connectivity index (χ1v) is 5.74. The molecule has 1 rings (SSSR count). The average molecular weight is 245 g/mol. The number of hydrogen-bond donors (Lipinski definition) is 1. The van der Waals surface area contributed by atoms with Gasteiger partial charge in [-0.25, -0.2) is 13.2 Å². The first-order chi connectivity index (χ1) is 7.88. The molecule has 0 amide bonds. The lowest BCUT2D eigenvalue weighted by molar-refractivity contribution is 0.406. The molecular weight excluding hydrogens is 227 g/mol. The molecule has 0 aliphatic heterocycles. The Morgan fingerprint density at radius 2 is 1.65 bits per heavy atom. The molecule has 0 radical (unpaired) electrons. The van der Waals surface area contributed by atoms with E-state index in [1.807, 2.05) is 6.92 Å². The topological polar surface area (TPSA) is 12.0 Å². The molecule has 0 saturated carbocycles. The van der Waals surface area contributed by atoms with Gasteiger partial charge in [-0.1, -0.05) is 20.8 Å². The van der Waals surface area contributed by atoms with Crippen LogP contribution in [0.3, 0.4) is 0 Å². The van der Waals surface area contributed by atoms with Gasteiger partial charge in [-0.05, 0) is 24.9 Å². The Bertz CT molecular complexity index is 365. The second kappa shape index (κ2) is 5.54. The van der Waals surface area contributed by atoms with Crippen LogP contribution in [0.4, 0.5) is 13.2 Å². The predicted molar refractivity (Wildman–Crippen MR) is 62.5 cm³/mol. The lowest BCUT2D eigenvalue weighted by Crippen LogP contribution is -2.27. The van der Waals surface area contributed by atoms with Crippen molar-refractivity contribution >= 4 is 0 Å². The van der Waals surface area contributed by atoms with Crippen molar-refractivity contribution in [2.45, 2.75) is 32.6 Å². The second-order valence-corrected chi connectivity index (χ2v) is 4.73. The third kappa shape index (κ3) is 3.46. The van der Waals surface area contributed by atoms with Gasteiger partial charge in [0.15, 0.2) is 0 Å². The number of nitrogens with one attached hydrogen (secondary N) is 1. The van der Waals surface area contributed by atoms with Crippen LogP contribution in [0.1, 0.15) is 32.8 Å². The van der Waals surface area contributed by atoms with E-state index < -0.39 is 22.9 Å². The Morgan fingerprint density at radius 1 is 1.12 bits per heavy atom. The summed E-state index contributed by atoms with van der Waals surface area (Å²) in [7, 11) is 0. The smallest absolute Gasteiger partial charge is 0.132 e. The molecule has 1 nitrogen and oxygen atoms in total. The highest BCUT2D eigenvalue weighted by molar-refractivity contribution is 5.28. The Morgan fingerprint density at radius 3 is 2.12 bits per heavy atom. The van der Waals surface area contributed by atoms with E-state index in [0.29, 0.717) is 13.0 Å². The van der Waals surface area contributed by atoms with Crippen LogP contribution in [0, 0.1) is 17.5 Å². The quantitative estimate of drug-likeness (QED) is 0.784. The van der Waals surface area contributed by atoms with Crippen molar-refractivity contribution in [3.05, 3.63) is 35.1 Å². The van der Waals surface area contributed by atoms with E-state index in [1.165, 1.54) is 0 Å². The molecule has 0 bridgehead atoms. The second-order valence-electron chi connectivity index (χ2n) is 4.73. The molecule has 0 spiro atoms. The van der Waals surface area contributed by atoms with Crippen molar-refractivity contribution in [3.63, 3.8) is 0 Å². The molecule has 0 aliphatic carbocycles. The zero-order valence-corrected chi connectivity index (χ0v) is 10.4. The number of benzene rings is 1. The van der Waals surface area contributed by atoms with E-state index in [9.17, 15) is 13.2 Å². The Kier molecular flexibility index (Phi) is 4.57. The molecular formula is C13H18F3N. The molecule has 0 fully saturated rings. The van der Waals surface area contributed by atoms with Gasteiger partial charge < -0.3 is 5.32 Å². The van der Waals surface area contributed by atoms with Crippen molar-refractivity contribution in [1.29, 1.82) is 0 Å². The molecule has 1 N–H and O–H groups in total. The van der Waals surface area contributed by atoms with E-state index in [1.54, 1.807) is 13.8 Å². The fraction of sp³-hybridized carbons (Fsp3) is 0.538. The van der Waals surface area contributed by atoms with Gasteiger partial charge in [-0.2, -0.15) is 0 Å². The van der Waals surface area contributed by atoms with E-state index in [4.69, 9.17) is 0 Å². The van der Waals surface area contributed by atoms with Gasteiger partial charge in [0, 0.05) is 17.7 Å². The van der Waals surface area contributed by atoms with E-state index in [2.05, 4.69) is 5.32 Å². The van der Waals surface area contributed by atoms with Gasteiger partial charge in [0.25, 0.3) is 0 Å². The van der Waals surface area contributed by atoms with E-state index in [-0.39, 0.29) is 5.56 Å². The summed E-state index contributed by atoms with van der Waals surface area (Å²) in [6.07, 6.45) is 0.584. The number of hydrogen-bond acceptors (Lipinski definition) is 1. The van der Waals surface area contributed by atoms with Crippen molar-refractivity contribution in [2.24, 2.45) is 0 Å². The van der Waals surface area contributed by atoms with Crippen molar-refractivity contribution in [2.75, 3.05) is 13.1 Å². The minimum Gasteiger partial charge on any atom is -0.317 e. The van der Waals surface area contributed by atoms with Gasteiger partial charge >= 0.3 is 0 Å². The van der Waals surface area contributed by atoms with Gasteiger partial charge in [0.1, 0.15) is 17.5 Å². The van der Waals surface area contributed by atoms with Crippen molar-refractivity contribution in [3.8, 4) is 0 Å².